The Morgan fingerprint density at radius 2 is 2.06 bits per heavy atom. The Morgan fingerprint density at radius 3 is 2.82 bits per heavy atom. The fraction of sp³-hybridized carbons (Fsp3) is 0.407. The number of aromatic nitrogens is 1. The predicted molar refractivity (Wildman–Crippen MR) is 133 cm³/mol. The van der Waals surface area contributed by atoms with E-state index < -0.39 is 5.41 Å². The second kappa shape index (κ2) is 8.67. The Bertz CT molecular complexity index is 1240. The molecule has 2 fully saturated rings. The van der Waals surface area contributed by atoms with Gasteiger partial charge in [0.2, 0.25) is 6.79 Å². The topological polar surface area (TPSA) is 51.7 Å². The quantitative estimate of drug-likeness (QED) is 0.415. The summed E-state index contributed by atoms with van der Waals surface area (Å²) in [5.41, 5.74) is 1.72. The van der Waals surface area contributed by atoms with Gasteiger partial charge in [0.25, 0.3) is 0 Å². The van der Waals surface area contributed by atoms with Crippen molar-refractivity contribution in [2.24, 2.45) is 5.92 Å². The van der Waals surface area contributed by atoms with E-state index in [4.69, 9.17) is 26.1 Å². The fourth-order valence-corrected chi connectivity index (χ4v) is 6.63. The Morgan fingerprint density at radius 1 is 1.24 bits per heavy atom. The highest BCUT2D eigenvalue weighted by atomic mass is 35.5. The molecule has 34 heavy (non-hydrogen) atoms. The first-order chi connectivity index (χ1) is 16.5. The maximum Gasteiger partial charge on any atom is 0.231 e. The minimum absolute atomic E-state index is 0.0729. The van der Waals surface area contributed by atoms with Gasteiger partial charge in [-0.05, 0) is 61.1 Å². The SMILES string of the molecule is C[C@@H]1CCN([C@H](c2cnc(CC(=O)C3(c4ccc5c(c4)OCO5)CC3)s2)c2ccccc2Cl)C1. The van der Waals surface area contributed by atoms with E-state index >= 15 is 0 Å². The number of halogens is 1. The van der Waals surface area contributed by atoms with Crippen LogP contribution in [0.1, 0.15) is 53.2 Å². The molecule has 176 valence electrons. The van der Waals surface area contributed by atoms with Crippen molar-refractivity contribution in [3.8, 4) is 11.5 Å². The van der Waals surface area contributed by atoms with E-state index in [0.29, 0.717) is 12.3 Å². The maximum atomic E-state index is 13.5. The highest BCUT2D eigenvalue weighted by molar-refractivity contribution is 7.11. The van der Waals surface area contributed by atoms with Gasteiger partial charge in [0.15, 0.2) is 11.5 Å². The molecule has 7 heteroatoms. The van der Waals surface area contributed by atoms with Gasteiger partial charge < -0.3 is 9.47 Å². The van der Waals surface area contributed by atoms with E-state index in [1.807, 2.05) is 42.6 Å². The van der Waals surface area contributed by atoms with Crippen LogP contribution in [0.4, 0.5) is 0 Å². The van der Waals surface area contributed by atoms with Crippen molar-refractivity contribution in [1.82, 2.24) is 9.88 Å². The zero-order valence-corrected chi connectivity index (χ0v) is 20.7. The van der Waals surface area contributed by atoms with Crippen molar-refractivity contribution in [3.63, 3.8) is 0 Å². The number of fused-ring (bicyclic) bond motifs is 1. The smallest absolute Gasteiger partial charge is 0.231 e. The molecule has 2 aliphatic heterocycles. The summed E-state index contributed by atoms with van der Waals surface area (Å²) < 4.78 is 11.0. The van der Waals surface area contributed by atoms with Crippen LogP contribution >= 0.6 is 22.9 Å². The molecule has 1 saturated carbocycles. The zero-order valence-electron chi connectivity index (χ0n) is 19.1. The summed E-state index contributed by atoms with van der Waals surface area (Å²) in [5.74, 6) is 2.38. The Balaban J connectivity index is 1.25. The van der Waals surface area contributed by atoms with Crippen LogP contribution in [-0.2, 0) is 16.6 Å². The largest absolute Gasteiger partial charge is 0.454 e. The van der Waals surface area contributed by atoms with E-state index in [9.17, 15) is 4.79 Å². The lowest BCUT2D eigenvalue weighted by atomic mass is 9.89. The van der Waals surface area contributed by atoms with E-state index in [1.165, 1.54) is 6.42 Å². The number of Topliss-reactive ketones (excluding diaryl/α,β-unsaturated/α-hetero) is 1. The molecule has 1 saturated heterocycles. The van der Waals surface area contributed by atoms with Crippen LogP contribution in [0.15, 0.2) is 48.7 Å². The van der Waals surface area contributed by atoms with Crippen LogP contribution in [0.3, 0.4) is 0 Å². The molecule has 1 aliphatic carbocycles. The summed E-state index contributed by atoms with van der Waals surface area (Å²) in [6.45, 7) is 4.61. The van der Waals surface area contributed by atoms with Crippen molar-refractivity contribution in [1.29, 1.82) is 0 Å². The Labute approximate surface area is 208 Å². The molecule has 0 N–H and O–H groups in total. The monoisotopic (exact) mass is 494 g/mol. The van der Waals surface area contributed by atoms with Gasteiger partial charge >= 0.3 is 0 Å². The lowest BCUT2D eigenvalue weighted by molar-refractivity contribution is -0.120. The van der Waals surface area contributed by atoms with Crippen molar-refractivity contribution in [2.45, 2.75) is 44.1 Å². The van der Waals surface area contributed by atoms with Gasteiger partial charge in [-0.15, -0.1) is 11.3 Å². The predicted octanol–water partition coefficient (Wildman–Crippen LogP) is 5.80. The number of ether oxygens (including phenoxy) is 2. The van der Waals surface area contributed by atoms with E-state index in [2.05, 4.69) is 17.9 Å². The van der Waals surface area contributed by atoms with Crippen LogP contribution in [-0.4, -0.2) is 35.5 Å². The first kappa shape index (κ1) is 22.1. The third-order valence-corrected chi connectivity index (χ3v) is 8.78. The number of ketones is 1. The standard InChI is InChI=1S/C27H27ClN2O3S/c1-17-8-11-30(15-17)26(19-4-2-3-5-20(19)28)23-14-29-25(34-23)13-24(31)27(9-10-27)18-6-7-21-22(12-18)33-16-32-21/h2-7,12,14,17,26H,8-11,13,15-16H2,1H3/t17-,26+/m1/s1. The van der Waals surface area contributed by atoms with Gasteiger partial charge in [0.1, 0.15) is 10.8 Å². The second-order valence-electron chi connectivity index (χ2n) is 9.72. The van der Waals surface area contributed by atoms with Gasteiger partial charge in [-0.25, -0.2) is 4.98 Å². The van der Waals surface area contributed by atoms with Gasteiger partial charge in [0.05, 0.1) is 17.9 Å². The summed E-state index contributed by atoms with van der Waals surface area (Å²) in [6.07, 6.45) is 5.23. The molecule has 2 atom stereocenters. The number of hydrogen-bond acceptors (Lipinski definition) is 6. The molecule has 3 heterocycles. The van der Waals surface area contributed by atoms with Crippen LogP contribution in [0, 0.1) is 5.92 Å². The van der Waals surface area contributed by atoms with Gasteiger partial charge in [-0.1, -0.05) is 42.8 Å². The molecule has 2 aromatic carbocycles. The van der Waals surface area contributed by atoms with E-state index in [1.54, 1.807) is 11.3 Å². The van der Waals surface area contributed by atoms with Crippen LogP contribution in [0.25, 0.3) is 0 Å². The summed E-state index contributed by atoms with van der Waals surface area (Å²) in [7, 11) is 0. The molecule has 5 nitrogen and oxygen atoms in total. The third kappa shape index (κ3) is 3.92. The number of benzene rings is 2. The number of likely N-dealkylation sites (tertiary alicyclic amines) is 1. The highest BCUT2D eigenvalue weighted by Gasteiger charge is 2.51. The molecule has 0 amide bonds. The summed E-state index contributed by atoms with van der Waals surface area (Å²) in [4.78, 5) is 21.8. The molecule has 0 radical (unpaired) electrons. The van der Waals surface area contributed by atoms with Gasteiger partial charge in [-0.2, -0.15) is 0 Å². The molecule has 6 rings (SSSR count). The van der Waals surface area contributed by atoms with Crippen molar-refractivity contribution in [3.05, 3.63) is 74.7 Å². The lowest BCUT2D eigenvalue weighted by Gasteiger charge is -2.28. The van der Waals surface area contributed by atoms with Crippen LogP contribution in [0.5, 0.6) is 11.5 Å². The lowest BCUT2D eigenvalue weighted by Crippen LogP contribution is -2.27. The fourth-order valence-electron chi connectivity index (χ4n) is 5.32. The number of nitrogens with zero attached hydrogens (tertiary/aromatic N) is 2. The van der Waals surface area contributed by atoms with Crippen molar-refractivity contribution < 1.29 is 14.3 Å². The first-order valence-electron chi connectivity index (χ1n) is 11.9. The Hall–Kier alpha value is -2.41. The van der Waals surface area contributed by atoms with Gasteiger partial charge in [-0.3, -0.25) is 9.69 Å². The number of carbonyl (C=O) groups is 1. The van der Waals surface area contributed by atoms with Gasteiger partial charge in [0, 0.05) is 22.6 Å². The first-order valence-corrected chi connectivity index (χ1v) is 13.1. The zero-order chi connectivity index (χ0) is 23.3. The third-order valence-electron chi connectivity index (χ3n) is 7.38. The molecule has 3 aromatic rings. The normalized spacial score (nSPS) is 21.5. The van der Waals surface area contributed by atoms with E-state index in [0.717, 1.165) is 63.5 Å². The minimum atomic E-state index is -0.417. The minimum Gasteiger partial charge on any atom is -0.454 e. The van der Waals surface area contributed by atoms with Crippen LogP contribution in [0.2, 0.25) is 5.02 Å². The molecular weight excluding hydrogens is 468 g/mol. The average molecular weight is 495 g/mol. The number of carbonyl (C=O) groups excluding carboxylic acids is 1. The average Bonchev–Trinajstić information content (AvgIpc) is 3.13. The van der Waals surface area contributed by atoms with Crippen LogP contribution < -0.4 is 9.47 Å². The summed E-state index contributed by atoms with van der Waals surface area (Å²) >= 11 is 8.28. The van der Waals surface area contributed by atoms with E-state index in [-0.39, 0.29) is 18.6 Å². The van der Waals surface area contributed by atoms with Crippen molar-refractivity contribution in [2.75, 3.05) is 19.9 Å². The Kier molecular flexibility index (Phi) is 5.63. The summed E-state index contributed by atoms with van der Waals surface area (Å²) in [5, 5.41) is 1.65. The number of hydrogen-bond donors (Lipinski definition) is 0. The number of thiazole rings is 1. The summed E-state index contributed by atoms with van der Waals surface area (Å²) in [6, 6.07) is 14.0. The van der Waals surface area contributed by atoms with Crippen molar-refractivity contribution >= 4 is 28.7 Å². The molecule has 0 bridgehead atoms. The molecule has 0 unspecified atom stereocenters. The number of rotatable bonds is 7. The molecule has 0 spiro atoms. The molecule has 1 aromatic heterocycles. The molecule has 3 aliphatic rings. The molecular formula is C27H27ClN2O3S. The highest BCUT2D eigenvalue weighted by Crippen LogP contribution is 2.52. The second-order valence-corrected chi connectivity index (χ2v) is 11.3. The maximum absolute atomic E-state index is 13.5.